The minimum absolute atomic E-state index is 0.120. The Labute approximate surface area is 126 Å². The van der Waals surface area contributed by atoms with Crippen LogP contribution in [-0.4, -0.2) is 53.0 Å². The molecular weight excluding hydrogens is 266 g/mol. The molecule has 0 unspecified atom stereocenters. The average Bonchev–Trinajstić information content (AvgIpc) is 2.45. The third-order valence-electron chi connectivity index (χ3n) is 4.06. The summed E-state index contributed by atoms with van der Waals surface area (Å²) in [7, 11) is 1.85. The van der Waals surface area contributed by atoms with Crippen molar-refractivity contribution in [2.75, 3.05) is 36.9 Å². The van der Waals surface area contributed by atoms with Gasteiger partial charge < -0.3 is 15.1 Å². The summed E-state index contributed by atoms with van der Waals surface area (Å²) < 4.78 is 0. The van der Waals surface area contributed by atoms with Gasteiger partial charge in [0.2, 0.25) is 5.91 Å². The van der Waals surface area contributed by atoms with Gasteiger partial charge in [-0.05, 0) is 27.2 Å². The molecule has 1 aliphatic rings. The third kappa shape index (κ3) is 2.80. The second-order valence-corrected chi connectivity index (χ2v) is 6.04. The first-order valence-electron chi connectivity index (χ1n) is 7.48. The molecule has 0 aromatic carbocycles. The predicted octanol–water partition coefficient (Wildman–Crippen LogP) is 1.66. The molecule has 0 atom stereocenters. The number of anilines is 2. The summed E-state index contributed by atoms with van der Waals surface area (Å²) in [5, 5.41) is 3.32. The summed E-state index contributed by atoms with van der Waals surface area (Å²) in [6.45, 7) is 10.4. The Kier molecular flexibility index (Phi) is 4.34. The highest BCUT2D eigenvalue weighted by Gasteiger charge is 2.41. The third-order valence-corrected chi connectivity index (χ3v) is 4.06. The maximum absolute atomic E-state index is 12.4. The summed E-state index contributed by atoms with van der Waals surface area (Å²) >= 11 is 0. The highest BCUT2D eigenvalue weighted by atomic mass is 16.2. The smallest absolute Gasteiger partial charge is 0.247 e. The van der Waals surface area contributed by atoms with Crippen LogP contribution in [0.4, 0.5) is 11.6 Å². The Morgan fingerprint density at radius 2 is 2.05 bits per heavy atom. The van der Waals surface area contributed by atoms with Crippen LogP contribution in [-0.2, 0) is 4.79 Å². The summed E-state index contributed by atoms with van der Waals surface area (Å²) in [6, 6.07) is 0. The van der Waals surface area contributed by atoms with Gasteiger partial charge in [-0.3, -0.25) is 4.79 Å². The van der Waals surface area contributed by atoms with Gasteiger partial charge in [0.1, 0.15) is 23.5 Å². The van der Waals surface area contributed by atoms with Gasteiger partial charge in [-0.1, -0.05) is 6.92 Å². The standard InChI is InChI=1S/C15H25N5O/c1-6-7-16-12-11(2)13(18-10-17-12)20-9-8-19(5)14(21)15(20,3)4/h10H,6-9H2,1-5H3,(H,16,17,18). The van der Waals surface area contributed by atoms with Crippen molar-refractivity contribution < 1.29 is 4.79 Å². The Balaban J connectivity index is 2.35. The van der Waals surface area contributed by atoms with Crippen molar-refractivity contribution in [3.8, 4) is 0 Å². The molecule has 1 aliphatic heterocycles. The lowest BCUT2D eigenvalue weighted by molar-refractivity contribution is -0.136. The quantitative estimate of drug-likeness (QED) is 0.914. The fraction of sp³-hybridized carbons (Fsp3) is 0.667. The Morgan fingerprint density at radius 1 is 1.33 bits per heavy atom. The van der Waals surface area contributed by atoms with Gasteiger partial charge in [0.25, 0.3) is 0 Å². The first-order valence-corrected chi connectivity index (χ1v) is 7.48. The Morgan fingerprint density at radius 3 is 2.71 bits per heavy atom. The highest BCUT2D eigenvalue weighted by molar-refractivity contribution is 5.90. The molecule has 6 nitrogen and oxygen atoms in total. The number of piperazine rings is 1. The summed E-state index contributed by atoms with van der Waals surface area (Å²) in [4.78, 5) is 25.0. The maximum Gasteiger partial charge on any atom is 0.247 e. The second-order valence-electron chi connectivity index (χ2n) is 6.04. The Bertz CT molecular complexity index is 529. The van der Waals surface area contributed by atoms with E-state index < -0.39 is 5.54 Å². The van der Waals surface area contributed by atoms with Crippen molar-refractivity contribution in [2.24, 2.45) is 0 Å². The number of hydrogen-bond donors (Lipinski definition) is 1. The van der Waals surface area contributed by atoms with E-state index in [1.54, 1.807) is 11.2 Å². The first kappa shape index (κ1) is 15.5. The van der Waals surface area contributed by atoms with Crippen LogP contribution in [0.1, 0.15) is 32.8 Å². The number of likely N-dealkylation sites (N-methyl/N-ethyl adjacent to an activating group) is 1. The van der Waals surface area contributed by atoms with Crippen LogP contribution < -0.4 is 10.2 Å². The molecule has 1 amide bonds. The zero-order chi connectivity index (χ0) is 15.6. The van der Waals surface area contributed by atoms with E-state index in [9.17, 15) is 4.79 Å². The number of nitrogens with one attached hydrogen (secondary N) is 1. The molecule has 1 fully saturated rings. The van der Waals surface area contributed by atoms with Gasteiger partial charge >= 0.3 is 0 Å². The highest BCUT2D eigenvalue weighted by Crippen LogP contribution is 2.31. The molecule has 1 aromatic heterocycles. The van der Waals surface area contributed by atoms with Crippen LogP contribution in [0.2, 0.25) is 0 Å². The van der Waals surface area contributed by atoms with Crippen molar-refractivity contribution in [2.45, 2.75) is 39.7 Å². The van der Waals surface area contributed by atoms with E-state index in [1.807, 2.05) is 27.8 Å². The van der Waals surface area contributed by atoms with Crippen molar-refractivity contribution in [1.29, 1.82) is 0 Å². The van der Waals surface area contributed by atoms with Crippen molar-refractivity contribution in [3.05, 3.63) is 11.9 Å². The zero-order valence-corrected chi connectivity index (χ0v) is 13.6. The van der Waals surface area contributed by atoms with Gasteiger partial charge in [0.15, 0.2) is 0 Å². The normalized spacial score (nSPS) is 18.0. The molecule has 21 heavy (non-hydrogen) atoms. The first-order chi connectivity index (χ1) is 9.89. The molecule has 1 N–H and O–H groups in total. The van der Waals surface area contributed by atoms with Gasteiger partial charge in [0, 0.05) is 32.2 Å². The number of amides is 1. The van der Waals surface area contributed by atoms with Gasteiger partial charge in [-0.25, -0.2) is 9.97 Å². The number of carbonyl (C=O) groups excluding carboxylic acids is 1. The van der Waals surface area contributed by atoms with Crippen LogP contribution in [0.3, 0.4) is 0 Å². The van der Waals surface area contributed by atoms with E-state index >= 15 is 0 Å². The fourth-order valence-electron chi connectivity index (χ4n) is 2.72. The minimum Gasteiger partial charge on any atom is -0.370 e. The molecule has 0 spiro atoms. The van der Waals surface area contributed by atoms with Crippen LogP contribution in [0.25, 0.3) is 0 Å². The van der Waals surface area contributed by atoms with Crippen LogP contribution in [0.15, 0.2) is 6.33 Å². The van der Waals surface area contributed by atoms with E-state index in [0.29, 0.717) is 6.54 Å². The second kappa shape index (κ2) is 5.87. The lowest BCUT2D eigenvalue weighted by atomic mass is 9.97. The summed E-state index contributed by atoms with van der Waals surface area (Å²) in [6.07, 6.45) is 2.61. The van der Waals surface area contributed by atoms with Crippen LogP contribution >= 0.6 is 0 Å². The van der Waals surface area contributed by atoms with Gasteiger partial charge in [0.05, 0.1) is 0 Å². The number of nitrogens with zero attached hydrogens (tertiary/aromatic N) is 4. The number of rotatable bonds is 4. The minimum atomic E-state index is -0.589. The number of hydrogen-bond acceptors (Lipinski definition) is 5. The van der Waals surface area contributed by atoms with Crippen molar-refractivity contribution in [1.82, 2.24) is 14.9 Å². The number of aromatic nitrogens is 2. The fourth-order valence-corrected chi connectivity index (χ4v) is 2.72. The lowest BCUT2D eigenvalue weighted by Crippen LogP contribution is -2.62. The van der Waals surface area contributed by atoms with Crippen molar-refractivity contribution in [3.63, 3.8) is 0 Å². The van der Waals surface area contributed by atoms with Gasteiger partial charge in [-0.15, -0.1) is 0 Å². The van der Waals surface area contributed by atoms with E-state index in [-0.39, 0.29) is 5.91 Å². The van der Waals surface area contributed by atoms with E-state index in [0.717, 1.165) is 36.7 Å². The molecule has 0 bridgehead atoms. The molecule has 2 heterocycles. The van der Waals surface area contributed by atoms with E-state index in [2.05, 4.69) is 27.1 Å². The monoisotopic (exact) mass is 291 g/mol. The van der Waals surface area contributed by atoms with Crippen molar-refractivity contribution >= 4 is 17.5 Å². The summed E-state index contributed by atoms with van der Waals surface area (Å²) in [5.74, 6) is 1.81. The zero-order valence-electron chi connectivity index (χ0n) is 13.6. The lowest BCUT2D eigenvalue weighted by Gasteiger charge is -2.45. The molecule has 0 radical (unpaired) electrons. The van der Waals surface area contributed by atoms with Crippen LogP contribution in [0.5, 0.6) is 0 Å². The molecule has 0 saturated carbocycles. The predicted molar refractivity (Wildman–Crippen MR) is 84.6 cm³/mol. The SMILES string of the molecule is CCCNc1ncnc(N2CCN(C)C(=O)C2(C)C)c1C. The summed E-state index contributed by atoms with van der Waals surface area (Å²) in [5.41, 5.74) is 0.407. The molecule has 116 valence electrons. The Hall–Kier alpha value is -1.85. The molecule has 2 rings (SSSR count). The average molecular weight is 291 g/mol. The topological polar surface area (TPSA) is 61.4 Å². The molecule has 1 saturated heterocycles. The maximum atomic E-state index is 12.4. The van der Waals surface area contributed by atoms with Gasteiger partial charge in [-0.2, -0.15) is 0 Å². The number of carbonyl (C=O) groups is 1. The largest absolute Gasteiger partial charge is 0.370 e. The van der Waals surface area contributed by atoms with Crippen LogP contribution in [0, 0.1) is 6.92 Å². The van der Waals surface area contributed by atoms with E-state index in [4.69, 9.17) is 0 Å². The molecule has 1 aromatic rings. The van der Waals surface area contributed by atoms with E-state index in [1.165, 1.54) is 0 Å². The molecule has 0 aliphatic carbocycles. The molecular formula is C15H25N5O. The molecule has 6 heteroatoms.